The second-order valence-corrected chi connectivity index (χ2v) is 8.13. The zero-order valence-electron chi connectivity index (χ0n) is 15.2. The molecule has 7 nitrogen and oxygen atoms in total. The van der Waals surface area contributed by atoms with E-state index in [1.807, 2.05) is 11.1 Å². The van der Waals surface area contributed by atoms with Crippen LogP contribution in [-0.4, -0.2) is 66.8 Å². The first kappa shape index (κ1) is 16.4. The normalized spacial score (nSPS) is 28.5. The molecule has 1 aliphatic carbocycles. The Hall–Kier alpha value is -1.73. The fourth-order valence-corrected chi connectivity index (χ4v) is 4.40. The standard InChI is InChI=1S/C19H26N4O3/c24-16(9-14-1-2-14)23-4-3-19(12-23)13-26-11-15-10-20-18(21-17(15)19)22-5-7-25-8-6-22/h10,14H,1-9,11-13H2/t19-/m0/s1. The molecule has 3 aliphatic heterocycles. The highest BCUT2D eigenvalue weighted by molar-refractivity contribution is 5.77. The number of carbonyl (C=O) groups is 1. The molecule has 0 radical (unpaired) electrons. The molecule has 0 unspecified atom stereocenters. The number of likely N-dealkylation sites (tertiary alicyclic amines) is 1. The van der Waals surface area contributed by atoms with Crippen molar-refractivity contribution in [2.75, 3.05) is 50.9 Å². The zero-order valence-corrected chi connectivity index (χ0v) is 15.2. The third-order valence-electron chi connectivity index (χ3n) is 6.15. The number of rotatable bonds is 3. The monoisotopic (exact) mass is 358 g/mol. The van der Waals surface area contributed by atoms with E-state index in [0.717, 1.165) is 63.0 Å². The summed E-state index contributed by atoms with van der Waals surface area (Å²) in [6.07, 6.45) is 5.99. The summed E-state index contributed by atoms with van der Waals surface area (Å²) in [7, 11) is 0. The van der Waals surface area contributed by atoms with Crippen molar-refractivity contribution in [3.63, 3.8) is 0 Å². The van der Waals surface area contributed by atoms with Gasteiger partial charge in [0, 0.05) is 44.4 Å². The molecule has 5 rings (SSSR count). The van der Waals surface area contributed by atoms with E-state index < -0.39 is 0 Å². The Labute approximate surface area is 153 Å². The predicted molar refractivity (Wildman–Crippen MR) is 94.9 cm³/mol. The maximum Gasteiger partial charge on any atom is 0.225 e. The Kier molecular flexibility index (Phi) is 4.09. The quantitative estimate of drug-likeness (QED) is 0.806. The Morgan fingerprint density at radius 2 is 2.08 bits per heavy atom. The number of hydrogen-bond donors (Lipinski definition) is 0. The zero-order chi connectivity index (χ0) is 17.6. The van der Waals surface area contributed by atoms with Crippen molar-refractivity contribution in [3.8, 4) is 0 Å². The SMILES string of the molecule is O=C(CC1CC1)N1CC[C@@]2(COCc3cnc(N4CCOCC4)nc32)C1. The summed E-state index contributed by atoms with van der Waals surface area (Å²) in [4.78, 5) is 26.4. The molecule has 1 spiro atoms. The largest absolute Gasteiger partial charge is 0.378 e. The maximum absolute atomic E-state index is 12.6. The second kappa shape index (κ2) is 6.46. The van der Waals surface area contributed by atoms with E-state index in [4.69, 9.17) is 14.5 Å². The Bertz CT molecular complexity index is 702. The van der Waals surface area contributed by atoms with E-state index in [-0.39, 0.29) is 5.41 Å². The van der Waals surface area contributed by atoms with Crippen molar-refractivity contribution in [2.24, 2.45) is 5.92 Å². The van der Waals surface area contributed by atoms with E-state index >= 15 is 0 Å². The highest BCUT2D eigenvalue weighted by Gasteiger charge is 2.46. The highest BCUT2D eigenvalue weighted by Crippen LogP contribution is 2.41. The fourth-order valence-electron chi connectivity index (χ4n) is 4.40. The van der Waals surface area contributed by atoms with E-state index in [1.165, 1.54) is 12.8 Å². The summed E-state index contributed by atoms with van der Waals surface area (Å²) in [5, 5.41) is 0. The van der Waals surface area contributed by atoms with Gasteiger partial charge in [0.15, 0.2) is 0 Å². The highest BCUT2D eigenvalue weighted by atomic mass is 16.5. The van der Waals surface area contributed by atoms with Gasteiger partial charge in [-0.05, 0) is 25.2 Å². The lowest BCUT2D eigenvalue weighted by atomic mass is 9.80. The number of fused-ring (bicyclic) bond motifs is 2. The van der Waals surface area contributed by atoms with Gasteiger partial charge in [-0.2, -0.15) is 0 Å². The van der Waals surface area contributed by atoms with Crippen LogP contribution in [0.15, 0.2) is 6.20 Å². The average Bonchev–Trinajstić information content (AvgIpc) is 3.40. The van der Waals surface area contributed by atoms with Crippen molar-refractivity contribution in [2.45, 2.75) is 37.7 Å². The number of nitrogens with zero attached hydrogens (tertiary/aromatic N) is 4. The number of hydrogen-bond acceptors (Lipinski definition) is 6. The van der Waals surface area contributed by atoms with Gasteiger partial charge in [0.1, 0.15) is 0 Å². The van der Waals surface area contributed by atoms with Gasteiger partial charge in [0.05, 0.1) is 37.5 Å². The van der Waals surface area contributed by atoms with Crippen LogP contribution < -0.4 is 4.90 Å². The molecule has 0 N–H and O–H groups in total. The molecule has 7 heteroatoms. The molecule has 4 heterocycles. The van der Waals surface area contributed by atoms with Crippen LogP contribution in [-0.2, 0) is 26.3 Å². The number of ether oxygens (including phenoxy) is 2. The predicted octanol–water partition coefficient (Wildman–Crippen LogP) is 1.11. The molecule has 0 bridgehead atoms. The van der Waals surface area contributed by atoms with Crippen molar-refractivity contribution < 1.29 is 14.3 Å². The molecule has 4 aliphatic rings. The molecule has 3 fully saturated rings. The molecule has 1 amide bonds. The van der Waals surface area contributed by atoms with Crippen LogP contribution in [0, 0.1) is 5.92 Å². The van der Waals surface area contributed by atoms with Crippen LogP contribution in [0.1, 0.15) is 36.9 Å². The van der Waals surface area contributed by atoms with Crippen molar-refractivity contribution in [3.05, 3.63) is 17.5 Å². The van der Waals surface area contributed by atoms with Crippen LogP contribution in [0.3, 0.4) is 0 Å². The molecule has 1 atom stereocenters. The molecule has 0 aromatic carbocycles. The topological polar surface area (TPSA) is 67.8 Å². The van der Waals surface area contributed by atoms with Crippen LogP contribution in [0.25, 0.3) is 0 Å². The summed E-state index contributed by atoms with van der Waals surface area (Å²) in [5.41, 5.74) is 2.00. The van der Waals surface area contributed by atoms with Gasteiger partial charge < -0.3 is 19.3 Å². The number of anilines is 1. The minimum atomic E-state index is -0.170. The molecular formula is C19H26N4O3. The summed E-state index contributed by atoms with van der Waals surface area (Å²) < 4.78 is 11.3. The van der Waals surface area contributed by atoms with Crippen LogP contribution in [0.2, 0.25) is 0 Å². The van der Waals surface area contributed by atoms with Gasteiger partial charge in [-0.3, -0.25) is 4.79 Å². The van der Waals surface area contributed by atoms with E-state index in [9.17, 15) is 4.79 Å². The van der Waals surface area contributed by atoms with E-state index in [2.05, 4.69) is 9.88 Å². The van der Waals surface area contributed by atoms with Gasteiger partial charge in [-0.15, -0.1) is 0 Å². The first-order valence-electron chi connectivity index (χ1n) is 9.78. The molecule has 26 heavy (non-hydrogen) atoms. The molecule has 1 aromatic rings. The van der Waals surface area contributed by atoms with Gasteiger partial charge in [0.2, 0.25) is 11.9 Å². The summed E-state index contributed by atoms with van der Waals surface area (Å²) in [6, 6.07) is 0. The summed E-state index contributed by atoms with van der Waals surface area (Å²) in [6.45, 7) is 5.85. The second-order valence-electron chi connectivity index (χ2n) is 8.13. The van der Waals surface area contributed by atoms with Crippen molar-refractivity contribution in [1.29, 1.82) is 0 Å². The number of carbonyl (C=O) groups excluding carboxylic acids is 1. The van der Waals surface area contributed by atoms with Crippen LogP contribution in [0.4, 0.5) is 5.95 Å². The molecular weight excluding hydrogens is 332 g/mol. The van der Waals surface area contributed by atoms with E-state index in [0.29, 0.717) is 31.5 Å². The minimum Gasteiger partial charge on any atom is -0.378 e. The molecule has 1 saturated carbocycles. The summed E-state index contributed by atoms with van der Waals surface area (Å²) >= 11 is 0. The van der Waals surface area contributed by atoms with Gasteiger partial charge in [-0.1, -0.05) is 0 Å². The summed E-state index contributed by atoms with van der Waals surface area (Å²) in [5.74, 6) is 1.72. The smallest absolute Gasteiger partial charge is 0.225 e. The number of morpholine rings is 1. The lowest BCUT2D eigenvalue weighted by Gasteiger charge is -2.35. The number of aromatic nitrogens is 2. The fraction of sp³-hybridized carbons (Fsp3) is 0.737. The Morgan fingerprint density at radius 3 is 2.88 bits per heavy atom. The van der Waals surface area contributed by atoms with Gasteiger partial charge in [-0.25, -0.2) is 9.97 Å². The lowest BCUT2D eigenvalue weighted by Crippen LogP contribution is -2.43. The Morgan fingerprint density at radius 1 is 1.23 bits per heavy atom. The van der Waals surface area contributed by atoms with E-state index in [1.54, 1.807) is 0 Å². The molecule has 1 aromatic heterocycles. The maximum atomic E-state index is 12.6. The third kappa shape index (κ3) is 2.97. The number of amides is 1. The van der Waals surface area contributed by atoms with Crippen molar-refractivity contribution >= 4 is 11.9 Å². The third-order valence-corrected chi connectivity index (χ3v) is 6.15. The Balaban J connectivity index is 1.40. The molecule has 140 valence electrons. The molecule has 2 saturated heterocycles. The first-order chi connectivity index (χ1) is 12.7. The lowest BCUT2D eigenvalue weighted by molar-refractivity contribution is -0.130. The average molecular weight is 358 g/mol. The van der Waals surface area contributed by atoms with Crippen LogP contribution in [0.5, 0.6) is 0 Å². The minimum absolute atomic E-state index is 0.170. The van der Waals surface area contributed by atoms with Gasteiger partial charge >= 0.3 is 0 Å². The van der Waals surface area contributed by atoms with Crippen LogP contribution >= 0.6 is 0 Å². The van der Waals surface area contributed by atoms with Crippen molar-refractivity contribution in [1.82, 2.24) is 14.9 Å². The first-order valence-corrected chi connectivity index (χ1v) is 9.78. The van der Waals surface area contributed by atoms with Gasteiger partial charge in [0.25, 0.3) is 0 Å².